The number of rotatable bonds is 4. The van der Waals surface area contributed by atoms with E-state index in [0.717, 1.165) is 0 Å². The van der Waals surface area contributed by atoms with Gasteiger partial charge >= 0.3 is 0 Å². The third kappa shape index (κ3) is 3.32. The molecule has 2 N–H and O–H groups in total. The lowest BCUT2D eigenvalue weighted by molar-refractivity contribution is -0.117. The fourth-order valence-corrected chi connectivity index (χ4v) is 1.34. The molecule has 0 spiro atoms. The van der Waals surface area contributed by atoms with Gasteiger partial charge in [-0.3, -0.25) is 10.1 Å². The van der Waals surface area contributed by atoms with Crippen LogP contribution in [0, 0.1) is 5.92 Å². The van der Waals surface area contributed by atoms with E-state index >= 15 is 0 Å². The van der Waals surface area contributed by atoms with Gasteiger partial charge in [-0.15, -0.1) is 0 Å². The summed E-state index contributed by atoms with van der Waals surface area (Å²) in [6.07, 6.45) is 0.692. The molecule has 4 nitrogen and oxygen atoms in total. The first-order valence-corrected chi connectivity index (χ1v) is 4.79. The summed E-state index contributed by atoms with van der Waals surface area (Å²) in [6, 6.07) is -0.351. The molecule has 1 fully saturated rings. The number of guanidine groups is 1. The maximum atomic E-state index is 12.5. The van der Waals surface area contributed by atoms with Gasteiger partial charge in [-0.05, 0) is 12.3 Å². The van der Waals surface area contributed by atoms with Crippen molar-refractivity contribution >= 4 is 11.9 Å². The molecule has 0 aliphatic carbocycles. The van der Waals surface area contributed by atoms with Crippen LogP contribution in [0.3, 0.4) is 0 Å². The van der Waals surface area contributed by atoms with Gasteiger partial charge in [0.1, 0.15) is 6.67 Å². The Hall–Kier alpha value is -1.13. The van der Waals surface area contributed by atoms with E-state index in [2.05, 4.69) is 15.6 Å². The summed E-state index contributed by atoms with van der Waals surface area (Å²) >= 11 is 0. The molecule has 0 aromatic heterocycles. The predicted octanol–water partition coefficient (Wildman–Crippen LogP) is 0.446. The maximum Gasteiger partial charge on any atom is 0.246 e. The van der Waals surface area contributed by atoms with E-state index < -0.39 is 6.67 Å². The van der Waals surface area contributed by atoms with Gasteiger partial charge in [0.15, 0.2) is 5.96 Å². The Morgan fingerprint density at radius 3 is 2.71 bits per heavy atom. The number of carbonyl (C=O) groups excluding carboxylic acids is 1. The van der Waals surface area contributed by atoms with Gasteiger partial charge in [0.05, 0.1) is 12.6 Å². The lowest BCUT2D eigenvalue weighted by Crippen LogP contribution is -2.28. The summed E-state index contributed by atoms with van der Waals surface area (Å²) < 4.78 is 12.5. The van der Waals surface area contributed by atoms with E-state index in [9.17, 15) is 9.18 Å². The smallest absolute Gasteiger partial charge is 0.246 e. The van der Waals surface area contributed by atoms with Gasteiger partial charge in [-0.2, -0.15) is 0 Å². The largest absolute Gasteiger partial charge is 0.347 e. The molecule has 14 heavy (non-hydrogen) atoms. The van der Waals surface area contributed by atoms with Crippen molar-refractivity contribution in [3.63, 3.8) is 0 Å². The molecule has 1 saturated heterocycles. The number of nitrogens with one attached hydrogen (secondary N) is 2. The van der Waals surface area contributed by atoms with Crippen LogP contribution in [0.2, 0.25) is 0 Å². The fraction of sp³-hybridized carbons (Fsp3) is 0.778. The number of nitrogens with zero attached hydrogens (tertiary/aromatic N) is 1. The Labute approximate surface area is 83.0 Å². The van der Waals surface area contributed by atoms with Crippen molar-refractivity contribution in [1.82, 2.24) is 10.6 Å². The minimum Gasteiger partial charge on any atom is -0.347 e. The third-order valence-electron chi connectivity index (χ3n) is 1.91. The first kappa shape index (κ1) is 10.9. The molecule has 0 bridgehead atoms. The van der Waals surface area contributed by atoms with Crippen molar-refractivity contribution in [2.24, 2.45) is 10.9 Å². The number of hydrogen-bond acceptors (Lipinski definition) is 2. The van der Waals surface area contributed by atoms with Crippen LogP contribution in [-0.4, -0.2) is 31.1 Å². The Kier molecular flexibility index (Phi) is 3.85. The number of alkyl halides is 1. The second kappa shape index (κ2) is 4.93. The first-order valence-electron chi connectivity index (χ1n) is 4.79. The predicted molar refractivity (Wildman–Crippen MR) is 52.8 cm³/mol. The minimum atomic E-state index is -0.487. The molecular weight excluding hydrogens is 185 g/mol. The summed E-state index contributed by atoms with van der Waals surface area (Å²) in [5.41, 5.74) is 0. The lowest BCUT2D eigenvalue weighted by atomic mass is 10.1. The summed E-state index contributed by atoms with van der Waals surface area (Å²) in [6.45, 7) is 3.78. The van der Waals surface area contributed by atoms with Crippen LogP contribution < -0.4 is 10.6 Å². The second-order valence-electron chi connectivity index (χ2n) is 3.82. The zero-order valence-corrected chi connectivity index (χ0v) is 8.51. The molecule has 1 aliphatic heterocycles. The Balaban J connectivity index is 2.50. The summed E-state index contributed by atoms with van der Waals surface area (Å²) in [5, 5.41) is 5.29. The highest BCUT2D eigenvalue weighted by molar-refractivity contribution is 6.04. The van der Waals surface area contributed by atoms with Crippen LogP contribution in [0.15, 0.2) is 4.99 Å². The number of amides is 1. The van der Waals surface area contributed by atoms with Crippen LogP contribution in [0.5, 0.6) is 0 Å². The van der Waals surface area contributed by atoms with Crippen LogP contribution in [0.4, 0.5) is 4.39 Å². The average molecular weight is 201 g/mol. The highest BCUT2D eigenvalue weighted by atomic mass is 19.1. The Bertz CT molecular complexity index is 240. The first-order chi connectivity index (χ1) is 6.61. The van der Waals surface area contributed by atoms with Gasteiger partial charge in [0, 0.05) is 0 Å². The molecule has 0 saturated carbocycles. The van der Waals surface area contributed by atoms with E-state index in [1.54, 1.807) is 0 Å². The molecule has 0 unspecified atom stereocenters. The van der Waals surface area contributed by atoms with Gasteiger partial charge in [-0.1, -0.05) is 13.8 Å². The van der Waals surface area contributed by atoms with E-state index in [-0.39, 0.29) is 18.5 Å². The molecule has 1 rings (SSSR count). The molecule has 0 aromatic carbocycles. The van der Waals surface area contributed by atoms with Gasteiger partial charge < -0.3 is 5.32 Å². The maximum absolute atomic E-state index is 12.5. The summed E-state index contributed by atoms with van der Waals surface area (Å²) in [7, 11) is 0. The van der Waals surface area contributed by atoms with E-state index in [0.29, 0.717) is 18.3 Å². The fourth-order valence-electron chi connectivity index (χ4n) is 1.34. The lowest BCUT2D eigenvalue weighted by Gasteiger charge is -2.11. The summed E-state index contributed by atoms with van der Waals surface area (Å²) in [5.74, 6) is 0.682. The molecule has 1 amide bonds. The quantitative estimate of drug-likeness (QED) is 0.693. The van der Waals surface area contributed by atoms with E-state index in [1.165, 1.54) is 0 Å². The van der Waals surface area contributed by atoms with Crippen LogP contribution >= 0.6 is 0 Å². The average Bonchev–Trinajstić information content (AvgIpc) is 2.49. The van der Waals surface area contributed by atoms with Gasteiger partial charge in [0.25, 0.3) is 0 Å². The highest BCUT2D eigenvalue weighted by Crippen LogP contribution is 2.08. The Morgan fingerprint density at radius 1 is 1.57 bits per heavy atom. The molecule has 1 heterocycles. The number of halogens is 1. The molecular formula is C9H16FN3O. The molecule has 0 aromatic rings. The number of hydrogen-bond donors (Lipinski definition) is 2. The van der Waals surface area contributed by atoms with Crippen molar-refractivity contribution in [2.75, 3.05) is 13.2 Å². The Morgan fingerprint density at radius 2 is 2.29 bits per heavy atom. The topological polar surface area (TPSA) is 53.5 Å². The van der Waals surface area contributed by atoms with E-state index in [4.69, 9.17) is 0 Å². The molecule has 80 valence electrons. The zero-order chi connectivity index (χ0) is 10.6. The van der Waals surface area contributed by atoms with E-state index in [1.807, 2.05) is 13.8 Å². The molecule has 1 atom stereocenters. The second-order valence-corrected chi connectivity index (χ2v) is 3.82. The minimum absolute atomic E-state index is 0.120. The molecule has 5 heteroatoms. The standard InChI is InChI=1S/C9H16FN3O/c1-6(2)3-7(4-10)12-9-11-5-8(14)13-9/h6-7H,3-5H2,1-2H3,(H2,11,12,13,14)/t7-/m0/s1. The van der Waals surface area contributed by atoms with Gasteiger partial charge in [-0.25, -0.2) is 9.38 Å². The normalized spacial score (nSPS) is 21.1. The van der Waals surface area contributed by atoms with Crippen LogP contribution in [0.25, 0.3) is 0 Å². The van der Waals surface area contributed by atoms with Crippen molar-refractivity contribution < 1.29 is 9.18 Å². The number of carbonyl (C=O) groups is 1. The third-order valence-corrected chi connectivity index (χ3v) is 1.91. The molecule has 0 radical (unpaired) electrons. The van der Waals surface area contributed by atoms with Crippen molar-refractivity contribution in [2.45, 2.75) is 26.3 Å². The number of aliphatic imine (C=N–C) groups is 1. The van der Waals surface area contributed by atoms with Crippen LogP contribution in [0.1, 0.15) is 20.3 Å². The molecule has 1 aliphatic rings. The monoisotopic (exact) mass is 201 g/mol. The SMILES string of the molecule is CC(C)C[C@@H](CF)N=C1NCC(=O)N1. The van der Waals surface area contributed by atoms with Crippen LogP contribution in [-0.2, 0) is 4.79 Å². The van der Waals surface area contributed by atoms with Crippen molar-refractivity contribution in [1.29, 1.82) is 0 Å². The zero-order valence-electron chi connectivity index (χ0n) is 8.51. The summed E-state index contributed by atoms with van der Waals surface area (Å²) in [4.78, 5) is 14.9. The highest BCUT2D eigenvalue weighted by Gasteiger charge is 2.17. The van der Waals surface area contributed by atoms with Gasteiger partial charge in [0.2, 0.25) is 5.91 Å². The van der Waals surface area contributed by atoms with Crippen molar-refractivity contribution in [3.8, 4) is 0 Å². The van der Waals surface area contributed by atoms with Crippen molar-refractivity contribution in [3.05, 3.63) is 0 Å².